The number of para-hydroxylation sites is 1. The molecule has 0 aliphatic rings. The van der Waals surface area contributed by atoms with Gasteiger partial charge in [0, 0.05) is 12.4 Å². The van der Waals surface area contributed by atoms with E-state index in [9.17, 15) is 4.79 Å². The summed E-state index contributed by atoms with van der Waals surface area (Å²) in [4.78, 5) is 16.6. The van der Waals surface area contributed by atoms with Crippen LogP contribution in [0, 0.1) is 0 Å². The SMILES string of the molecule is Nc1cccc2oc(Cn3ccn4nccc4c3=O)nc12. The van der Waals surface area contributed by atoms with Crippen molar-refractivity contribution in [3.63, 3.8) is 0 Å². The Balaban J connectivity index is 1.80. The van der Waals surface area contributed by atoms with Crippen molar-refractivity contribution in [3.05, 3.63) is 59.1 Å². The third kappa shape index (κ3) is 1.78. The lowest BCUT2D eigenvalue weighted by molar-refractivity contribution is 0.503. The van der Waals surface area contributed by atoms with Gasteiger partial charge in [0.1, 0.15) is 17.6 Å². The van der Waals surface area contributed by atoms with Crippen molar-refractivity contribution in [2.75, 3.05) is 5.73 Å². The summed E-state index contributed by atoms with van der Waals surface area (Å²) in [7, 11) is 0. The molecule has 0 aliphatic heterocycles. The van der Waals surface area contributed by atoms with Crippen molar-refractivity contribution in [2.24, 2.45) is 0 Å². The van der Waals surface area contributed by atoms with Crippen LogP contribution in [0.15, 0.2) is 52.1 Å². The van der Waals surface area contributed by atoms with E-state index in [1.54, 1.807) is 42.9 Å². The molecule has 3 heterocycles. The quantitative estimate of drug-likeness (QED) is 0.559. The molecule has 0 saturated heterocycles. The molecule has 1 aromatic carbocycles. The van der Waals surface area contributed by atoms with Crippen LogP contribution in [0.3, 0.4) is 0 Å². The van der Waals surface area contributed by atoms with Crippen molar-refractivity contribution in [2.45, 2.75) is 6.54 Å². The van der Waals surface area contributed by atoms with E-state index < -0.39 is 0 Å². The number of hydrogen-bond acceptors (Lipinski definition) is 5. The van der Waals surface area contributed by atoms with Crippen LogP contribution in [0.2, 0.25) is 0 Å². The second-order valence-corrected chi connectivity index (χ2v) is 4.69. The van der Waals surface area contributed by atoms with Crippen LogP contribution in [0.1, 0.15) is 5.89 Å². The normalized spacial score (nSPS) is 11.4. The second-order valence-electron chi connectivity index (χ2n) is 4.69. The lowest BCUT2D eigenvalue weighted by atomic mass is 10.3. The van der Waals surface area contributed by atoms with Gasteiger partial charge in [-0.3, -0.25) is 4.79 Å². The minimum atomic E-state index is -0.148. The molecule has 7 nitrogen and oxygen atoms in total. The summed E-state index contributed by atoms with van der Waals surface area (Å²) < 4.78 is 8.68. The molecule has 0 bridgehead atoms. The maximum absolute atomic E-state index is 12.3. The number of nitrogens with zero attached hydrogens (tertiary/aromatic N) is 4. The van der Waals surface area contributed by atoms with Crippen LogP contribution in [-0.2, 0) is 6.54 Å². The molecule has 7 heteroatoms. The van der Waals surface area contributed by atoms with E-state index in [4.69, 9.17) is 10.2 Å². The predicted octanol–water partition coefficient (Wildman–Crippen LogP) is 1.27. The zero-order valence-corrected chi connectivity index (χ0v) is 10.9. The van der Waals surface area contributed by atoms with Gasteiger partial charge in [-0.25, -0.2) is 9.50 Å². The molecule has 0 radical (unpaired) electrons. The van der Waals surface area contributed by atoms with Gasteiger partial charge in [0.2, 0.25) is 5.89 Å². The van der Waals surface area contributed by atoms with Gasteiger partial charge in [0.15, 0.2) is 5.58 Å². The van der Waals surface area contributed by atoms with Crippen molar-refractivity contribution in [3.8, 4) is 0 Å². The van der Waals surface area contributed by atoms with Gasteiger partial charge in [0.25, 0.3) is 5.56 Å². The fourth-order valence-corrected chi connectivity index (χ4v) is 2.31. The molecule has 0 saturated carbocycles. The minimum Gasteiger partial charge on any atom is -0.439 e. The standard InChI is InChI=1S/C14H11N5O2/c15-9-2-1-3-11-13(9)17-12(21-11)8-18-6-7-19-10(14(18)20)4-5-16-19/h1-7H,8,15H2. The highest BCUT2D eigenvalue weighted by Gasteiger charge is 2.10. The molecular weight excluding hydrogens is 270 g/mol. The van der Waals surface area contributed by atoms with E-state index in [2.05, 4.69) is 10.1 Å². The number of benzene rings is 1. The average Bonchev–Trinajstić information content (AvgIpc) is 3.09. The van der Waals surface area contributed by atoms with Gasteiger partial charge >= 0.3 is 0 Å². The number of anilines is 1. The van der Waals surface area contributed by atoms with Gasteiger partial charge in [-0.1, -0.05) is 6.07 Å². The summed E-state index contributed by atoms with van der Waals surface area (Å²) in [6.07, 6.45) is 4.95. The Morgan fingerprint density at radius 2 is 2.14 bits per heavy atom. The second kappa shape index (κ2) is 4.20. The molecule has 0 spiro atoms. The summed E-state index contributed by atoms with van der Waals surface area (Å²) in [5, 5.41) is 4.02. The molecule has 21 heavy (non-hydrogen) atoms. The third-order valence-electron chi connectivity index (χ3n) is 3.34. The van der Waals surface area contributed by atoms with Gasteiger partial charge < -0.3 is 14.7 Å². The summed E-state index contributed by atoms with van der Waals surface area (Å²) >= 11 is 0. The van der Waals surface area contributed by atoms with Crippen molar-refractivity contribution in [1.82, 2.24) is 19.2 Å². The molecule has 4 aromatic rings. The maximum atomic E-state index is 12.3. The summed E-state index contributed by atoms with van der Waals surface area (Å²) in [6.45, 7) is 0.245. The molecule has 104 valence electrons. The molecular formula is C14H11N5O2. The molecule has 0 atom stereocenters. The lowest BCUT2D eigenvalue weighted by Gasteiger charge is -2.02. The smallest absolute Gasteiger partial charge is 0.277 e. The highest BCUT2D eigenvalue weighted by atomic mass is 16.3. The zero-order valence-electron chi connectivity index (χ0n) is 10.9. The fraction of sp³-hybridized carbons (Fsp3) is 0.0714. The number of nitrogen functional groups attached to an aromatic ring is 1. The largest absolute Gasteiger partial charge is 0.439 e. The highest BCUT2D eigenvalue weighted by molar-refractivity contribution is 5.85. The Kier molecular flexibility index (Phi) is 2.34. The number of nitrogens with two attached hydrogens (primary N) is 1. The van der Waals surface area contributed by atoms with Crippen LogP contribution in [0.4, 0.5) is 5.69 Å². The van der Waals surface area contributed by atoms with Crippen molar-refractivity contribution >= 4 is 22.3 Å². The van der Waals surface area contributed by atoms with Gasteiger partial charge in [-0.15, -0.1) is 0 Å². The van der Waals surface area contributed by atoms with E-state index >= 15 is 0 Å². The highest BCUT2D eigenvalue weighted by Crippen LogP contribution is 2.21. The first kappa shape index (κ1) is 11.7. The molecule has 3 aromatic heterocycles. The van der Waals surface area contributed by atoms with Gasteiger partial charge in [0.05, 0.1) is 11.9 Å². The summed E-state index contributed by atoms with van der Waals surface area (Å²) in [5.74, 6) is 0.439. The number of fused-ring (bicyclic) bond motifs is 2. The van der Waals surface area contributed by atoms with E-state index in [-0.39, 0.29) is 12.1 Å². The minimum absolute atomic E-state index is 0.148. The van der Waals surface area contributed by atoms with Crippen LogP contribution in [0.5, 0.6) is 0 Å². The molecule has 4 rings (SSSR count). The monoisotopic (exact) mass is 281 g/mol. The first-order valence-electron chi connectivity index (χ1n) is 6.39. The summed E-state index contributed by atoms with van der Waals surface area (Å²) in [5.41, 5.74) is 8.00. The number of rotatable bonds is 2. The van der Waals surface area contributed by atoms with Crippen LogP contribution < -0.4 is 11.3 Å². The molecule has 2 N–H and O–H groups in total. The third-order valence-corrected chi connectivity index (χ3v) is 3.34. The molecule has 0 unspecified atom stereocenters. The van der Waals surface area contributed by atoms with Crippen LogP contribution in [0.25, 0.3) is 16.6 Å². The van der Waals surface area contributed by atoms with E-state index in [1.165, 1.54) is 9.08 Å². The van der Waals surface area contributed by atoms with Gasteiger partial charge in [-0.2, -0.15) is 5.10 Å². The summed E-state index contributed by atoms with van der Waals surface area (Å²) in [6, 6.07) is 7.03. The van der Waals surface area contributed by atoms with Gasteiger partial charge in [-0.05, 0) is 18.2 Å². The Morgan fingerprint density at radius 1 is 1.24 bits per heavy atom. The lowest BCUT2D eigenvalue weighted by Crippen LogP contribution is -2.21. The number of aromatic nitrogens is 4. The Morgan fingerprint density at radius 3 is 3.00 bits per heavy atom. The van der Waals surface area contributed by atoms with Crippen LogP contribution in [-0.4, -0.2) is 19.2 Å². The predicted molar refractivity (Wildman–Crippen MR) is 77.0 cm³/mol. The van der Waals surface area contributed by atoms with E-state index in [1.807, 2.05) is 0 Å². The van der Waals surface area contributed by atoms with E-state index in [0.717, 1.165) is 0 Å². The van der Waals surface area contributed by atoms with Crippen molar-refractivity contribution in [1.29, 1.82) is 0 Å². The van der Waals surface area contributed by atoms with E-state index in [0.29, 0.717) is 28.2 Å². The van der Waals surface area contributed by atoms with Crippen LogP contribution >= 0.6 is 0 Å². The Hall–Kier alpha value is -3.09. The average molecular weight is 281 g/mol. The topological polar surface area (TPSA) is 91.4 Å². The van der Waals surface area contributed by atoms with Crippen molar-refractivity contribution < 1.29 is 4.42 Å². The Labute approximate surface area is 118 Å². The fourth-order valence-electron chi connectivity index (χ4n) is 2.31. The molecule has 0 amide bonds. The first-order chi connectivity index (χ1) is 10.2. The first-order valence-corrected chi connectivity index (χ1v) is 6.39. The zero-order chi connectivity index (χ0) is 14.4. The Bertz CT molecular complexity index is 1010. The maximum Gasteiger partial charge on any atom is 0.277 e. The number of oxazole rings is 1. The molecule has 0 aliphatic carbocycles. The number of hydrogen-bond donors (Lipinski definition) is 1. The molecule has 0 fully saturated rings.